The zero-order valence-corrected chi connectivity index (χ0v) is 32.5. The predicted molar refractivity (Wildman–Crippen MR) is 193 cm³/mol. The summed E-state index contributed by atoms with van der Waals surface area (Å²) < 4.78 is 14.8. The second-order valence-electron chi connectivity index (χ2n) is 16.7. The van der Waals surface area contributed by atoms with Crippen LogP contribution >= 0.6 is 0 Å². The molecule has 43 heavy (non-hydrogen) atoms. The highest BCUT2D eigenvalue weighted by Crippen LogP contribution is 2.67. The molecule has 2 nitrogen and oxygen atoms in total. The minimum Gasteiger partial charge on any atom is -0.414 e. The summed E-state index contributed by atoms with van der Waals surface area (Å²) >= 11 is 0. The molecule has 4 heteroatoms. The van der Waals surface area contributed by atoms with Gasteiger partial charge in [0, 0.05) is 12.2 Å². The van der Waals surface area contributed by atoms with Gasteiger partial charge in [-0.2, -0.15) is 0 Å². The molecule has 3 fully saturated rings. The fourth-order valence-corrected chi connectivity index (χ4v) is 21.7. The Morgan fingerprint density at radius 2 is 1.28 bits per heavy atom. The molecule has 0 aromatic rings. The second kappa shape index (κ2) is 15.3. The monoisotopic (exact) mass is 631 g/mol. The molecule has 4 aliphatic rings. The van der Waals surface area contributed by atoms with Crippen LogP contribution in [0.3, 0.4) is 0 Å². The molecule has 3 saturated carbocycles. The summed E-state index contributed by atoms with van der Waals surface area (Å²) in [5, 5.41) is 0. The Labute approximate surface area is 271 Å². The maximum atomic E-state index is 7.42. The molecule has 0 heterocycles. The van der Waals surface area contributed by atoms with Crippen molar-refractivity contribution in [3.63, 3.8) is 0 Å². The highest BCUT2D eigenvalue weighted by atomic mass is 28.4. The smallest absolute Gasteiger partial charge is 0.193 e. The van der Waals surface area contributed by atoms with Gasteiger partial charge in [-0.25, -0.2) is 0 Å². The maximum absolute atomic E-state index is 7.42. The van der Waals surface area contributed by atoms with Crippen LogP contribution in [0.25, 0.3) is 0 Å². The molecule has 0 saturated heterocycles. The van der Waals surface area contributed by atoms with E-state index in [4.69, 9.17) is 8.85 Å². The van der Waals surface area contributed by atoms with Gasteiger partial charge < -0.3 is 8.85 Å². The van der Waals surface area contributed by atoms with Crippen molar-refractivity contribution in [2.45, 2.75) is 201 Å². The van der Waals surface area contributed by atoms with E-state index in [1.807, 2.05) is 5.57 Å². The van der Waals surface area contributed by atoms with Gasteiger partial charge in [-0.05, 0) is 129 Å². The van der Waals surface area contributed by atoms with E-state index in [1.165, 1.54) is 126 Å². The van der Waals surface area contributed by atoms with Gasteiger partial charge in [0.2, 0.25) is 0 Å². The minimum absolute atomic E-state index is 0.417. The van der Waals surface area contributed by atoms with E-state index in [0.717, 1.165) is 23.7 Å². The van der Waals surface area contributed by atoms with E-state index >= 15 is 0 Å². The molecule has 0 aromatic carbocycles. The highest BCUT2D eigenvalue weighted by molar-refractivity contribution is 6.74. The topological polar surface area (TPSA) is 18.5 Å². The van der Waals surface area contributed by atoms with Crippen molar-refractivity contribution in [1.82, 2.24) is 0 Å². The van der Waals surface area contributed by atoms with Crippen molar-refractivity contribution in [3.05, 3.63) is 11.6 Å². The first-order chi connectivity index (χ1) is 20.6. The fraction of sp³-hybridized carbons (Fsp3) is 0.949. The fourth-order valence-electron chi connectivity index (χ4n) is 12.2. The molecule has 0 N–H and O–H groups in total. The van der Waals surface area contributed by atoms with Gasteiger partial charge in [-0.1, -0.05) is 106 Å². The van der Waals surface area contributed by atoms with E-state index < -0.39 is 16.6 Å². The number of allylic oxidation sites excluding steroid dienone is 1. The van der Waals surface area contributed by atoms with Gasteiger partial charge in [0.25, 0.3) is 0 Å². The van der Waals surface area contributed by atoms with Gasteiger partial charge in [0.05, 0.1) is 0 Å². The van der Waals surface area contributed by atoms with Crippen LogP contribution in [0, 0.1) is 34.5 Å². The van der Waals surface area contributed by atoms with Gasteiger partial charge in [-0.15, -0.1) is 0 Å². The molecule has 0 aliphatic heterocycles. The molecule has 0 amide bonds. The molecular weight excluding hydrogens is 557 g/mol. The van der Waals surface area contributed by atoms with Crippen LogP contribution in [0.5, 0.6) is 0 Å². The third-order valence-corrected chi connectivity index (χ3v) is 24.0. The Morgan fingerprint density at radius 3 is 1.84 bits per heavy atom. The molecule has 0 aromatic heterocycles. The predicted octanol–water partition coefficient (Wildman–Crippen LogP) is 12.7. The lowest BCUT2D eigenvalue weighted by atomic mass is 9.47. The number of fused-ring (bicyclic) bond motifs is 5. The van der Waals surface area contributed by atoms with Gasteiger partial charge >= 0.3 is 0 Å². The van der Waals surface area contributed by atoms with Crippen LogP contribution in [-0.2, 0) is 8.85 Å². The van der Waals surface area contributed by atoms with E-state index in [1.54, 1.807) is 0 Å². The van der Waals surface area contributed by atoms with Gasteiger partial charge in [0.1, 0.15) is 0 Å². The zero-order chi connectivity index (χ0) is 31.3. The first-order valence-corrected chi connectivity index (χ1v) is 24.7. The molecule has 0 unspecified atom stereocenters. The third-order valence-electron chi connectivity index (χ3n) is 13.8. The standard InChI is InChI=1S/C39H74O2Si2/c1-10-24-42(25-11-2,26-12-3)40-31(7)35-18-19-36-34-17-16-32-30-33(41-43(27-13-4,28-14-5)29-15-6)20-22-38(32,8)37(34)21-23-39(35,36)9/h16,31,33-37H,10-15,17-30H2,1-9H3/t31-,33-,34-,35+,36-,37-,38-,39+/m0/s1. The molecule has 4 aliphatic carbocycles. The maximum Gasteiger partial charge on any atom is 0.193 e. The Hall–Kier alpha value is 0.0938. The summed E-state index contributed by atoms with van der Waals surface area (Å²) in [5.41, 5.74) is 2.70. The lowest BCUT2D eigenvalue weighted by molar-refractivity contribution is -0.0649. The Kier molecular flexibility index (Phi) is 12.8. The molecular formula is C39H74O2Si2. The van der Waals surface area contributed by atoms with Crippen LogP contribution in [0.2, 0.25) is 36.3 Å². The quantitative estimate of drug-likeness (QED) is 0.118. The number of hydrogen-bond acceptors (Lipinski definition) is 2. The van der Waals surface area contributed by atoms with Crippen molar-refractivity contribution in [3.8, 4) is 0 Å². The Bertz CT molecular complexity index is 868. The molecule has 0 spiro atoms. The van der Waals surface area contributed by atoms with Crippen molar-refractivity contribution in [1.29, 1.82) is 0 Å². The molecule has 8 atom stereocenters. The Balaban J connectivity index is 1.48. The lowest BCUT2D eigenvalue weighted by Crippen LogP contribution is -2.53. The van der Waals surface area contributed by atoms with E-state index in [9.17, 15) is 0 Å². The molecule has 250 valence electrons. The molecule has 0 radical (unpaired) electrons. The lowest BCUT2D eigenvalue weighted by Gasteiger charge is -2.59. The van der Waals surface area contributed by atoms with Crippen molar-refractivity contribution in [2.75, 3.05) is 0 Å². The number of hydrogen-bond donors (Lipinski definition) is 0. The van der Waals surface area contributed by atoms with Gasteiger partial charge in [-0.3, -0.25) is 0 Å². The van der Waals surface area contributed by atoms with E-state index in [2.05, 4.69) is 68.4 Å². The molecule has 0 bridgehead atoms. The summed E-state index contributed by atoms with van der Waals surface area (Å²) in [5.74, 6) is 3.43. The van der Waals surface area contributed by atoms with Crippen LogP contribution in [0.15, 0.2) is 11.6 Å². The van der Waals surface area contributed by atoms with Crippen LogP contribution in [0.1, 0.15) is 152 Å². The summed E-state index contributed by atoms with van der Waals surface area (Å²) in [4.78, 5) is 0. The summed E-state index contributed by atoms with van der Waals surface area (Å²) in [6.45, 7) is 22.2. The first-order valence-electron chi connectivity index (χ1n) is 19.6. The Morgan fingerprint density at radius 1 is 0.721 bits per heavy atom. The average Bonchev–Trinajstić information content (AvgIpc) is 3.31. The van der Waals surface area contributed by atoms with E-state index in [0.29, 0.717) is 23.0 Å². The summed E-state index contributed by atoms with van der Waals surface area (Å²) in [7, 11) is -3.26. The van der Waals surface area contributed by atoms with Crippen LogP contribution in [0.4, 0.5) is 0 Å². The SMILES string of the molecule is CCC[Si](CCC)(CCC)O[C@H]1CC[C@@]2(C)C(=CC[C@H]3[C@@H]4CC[C@H]([C@H](C)O[Si](CCC)(CCC)CCC)[C@@]4(C)CC[C@@H]32)C1. The third kappa shape index (κ3) is 7.33. The normalized spacial score (nSPS) is 35.2. The van der Waals surface area contributed by atoms with Crippen LogP contribution in [-0.4, -0.2) is 28.8 Å². The highest BCUT2D eigenvalue weighted by Gasteiger charge is 2.60. The first kappa shape index (κ1) is 35.9. The van der Waals surface area contributed by atoms with Crippen molar-refractivity contribution >= 4 is 16.6 Å². The summed E-state index contributed by atoms with van der Waals surface area (Å²) in [6.07, 6.45) is 22.5. The second-order valence-corrected chi connectivity index (χ2v) is 24.9. The summed E-state index contributed by atoms with van der Waals surface area (Å²) in [6, 6.07) is 8.21. The van der Waals surface area contributed by atoms with Gasteiger partial charge in [0.15, 0.2) is 16.6 Å². The average molecular weight is 631 g/mol. The minimum atomic E-state index is -1.64. The molecule has 4 rings (SSSR count). The van der Waals surface area contributed by atoms with Crippen molar-refractivity contribution < 1.29 is 8.85 Å². The van der Waals surface area contributed by atoms with Crippen molar-refractivity contribution in [2.24, 2.45) is 34.5 Å². The number of rotatable bonds is 17. The zero-order valence-electron chi connectivity index (χ0n) is 30.5. The van der Waals surface area contributed by atoms with E-state index in [-0.39, 0.29) is 0 Å². The largest absolute Gasteiger partial charge is 0.414 e. The van der Waals surface area contributed by atoms with Crippen LogP contribution < -0.4 is 0 Å².